The van der Waals surface area contributed by atoms with Gasteiger partial charge in [0.1, 0.15) is 0 Å². The number of hydrogen-bond donors (Lipinski definition) is 2. The number of amides is 1. The first kappa shape index (κ1) is 20.7. The van der Waals surface area contributed by atoms with Gasteiger partial charge >= 0.3 is 0 Å². The lowest BCUT2D eigenvalue weighted by atomic mass is 10.2. The molecule has 6 nitrogen and oxygen atoms in total. The van der Waals surface area contributed by atoms with Crippen molar-refractivity contribution in [2.45, 2.75) is 20.4 Å². The third kappa shape index (κ3) is 7.29. The standard InChI is InChI=1S/C21H28N2O4/c1-4-26-20-13-17(14-22-11-12-25-3)7-10-19(20)27-15-21(24)23-18-8-5-16(2)6-9-18/h5-10,13,22H,4,11-12,14-15H2,1-3H3,(H,23,24). The minimum absolute atomic E-state index is 0.0839. The van der Waals surface area contributed by atoms with Crippen molar-refractivity contribution in [3.63, 3.8) is 0 Å². The molecule has 0 saturated carbocycles. The molecule has 1 amide bonds. The van der Waals surface area contributed by atoms with E-state index in [1.807, 2.05) is 56.3 Å². The Labute approximate surface area is 160 Å². The number of carbonyl (C=O) groups is 1. The second-order valence-electron chi connectivity index (χ2n) is 6.09. The molecule has 0 bridgehead atoms. The lowest BCUT2D eigenvalue weighted by molar-refractivity contribution is -0.118. The Morgan fingerprint density at radius 1 is 1.04 bits per heavy atom. The van der Waals surface area contributed by atoms with E-state index in [0.717, 1.165) is 23.4 Å². The van der Waals surface area contributed by atoms with E-state index >= 15 is 0 Å². The summed E-state index contributed by atoms with van der Waals surface area (Å²) in [5.74, 6) is 0.967. The second kappa shape index (κ2) is 11.2. The highest BCUT2D eigenvalue weighted by Crippen LogP contribution is 2.28. The summed E-state index contributed by atoms with van der Waals surface area (Å²) in [7, 11) is 1.68. The van der Waals surface area contributed by atoms with Crippen LogP contribution in [0.5, 0.6) is 11.5 Å². The number of benzene rings is 2. The molecule has 146 valence electrons. The highest BCUT2D eigenvalue weighted by Gasteiger charge is 2.10. The Morgan fingerprint density at radius 3 is 2.52 bits per heavy atom. The molecular weight excluding hydrogens is 344 g/mol. The number of rotatable bonds is 11. The summed E-state index contributed by atoms with van der Waals surface area (Å²) < 4.78 is 16.3. The molecule has 0 saturated heterocycles. The molecular formula is C21H28N2O4. The lowest BCUT2D eigenvalue weighted by Crippen LogP contribution is -2.20. The van der Waals surface area contributed by atoms with E-state index in [-0.39, 0.29) is 12.5 Å². The molecule has 0 heterocycles. The van der Waals surface area contributed by atoms with E-state index in [0.29, 0.717) is 31.3 Å². The van der Waals surface area contributed by atoms with E-state index in [4.69, 9.17) is 14.2 Å². The van der Waals surface area contributed by atoms with Crippen molar-refractivity contribution in [1.82, 2.24) is 5.32 Å². The molecule has 27 heavy (non-hydrogen) atoms. The number of carbonyl (C=O) groups excluding carboxylic acids is 1. The van der Waals surface area contributed by atoms with E-state index < -0.39 is 0 Å². The van der Waals surface area contributed by atoms with Crippen LogP contribution in [0.1, 0.15) is 18.1 Å². The van der Waals surface area contributed by atoms with Crippen LogP contribution in [-0.2, 0) is 16.1 Å². The molecule has 0 fully saturated rings. The molecule has 0 unspecified atom stereocenters. The fraction of sp³-hybridized carbons (Fsp3) is 0.381. The van der Waals surface area contributed by atoms with Crippen LogP contribution in [0.25, 0.3) is 0 Å². The molecule has 0 radical (unpaired) electrons. The lowest BCUT2D eigenvalue weighted by Gasteiger charge is -2.14. The van der Waals surface area contributed by atoms with Crippen LogP contribution in [0.2, 0.25) is 0 Å². The molecule has 0 aromatic heterocycles. The summed E-state index contributed by atoms with van der Waals surface area (Å²) in [6.07, 6.45) is 0. The molecule has 6 heteroatoms. The van der Waals surface area contributed by atoms with Crippen LogP contribution >= 0.6 is 0 Å². The van der Waals surface area contributed by atoms with Gasteiger partial charge in [-0.25, -0.2) is 0 Å². The zero-order chi connectivity index (χ0) is 19.5. The number of hydrogen-bond acceptors (Lipinski definition) is 5. The number of anilines is 1. The highest BCUT2D eigenvalue weighted by molar-refractivity contribution is 5.91. The van der Waals surface area contributed by atoms with Gasteiger partial charge in [-0.3, -0.25) is 4.79 Å². The third-order valence-electron chi connectivity index (χ3n) is 3.81. The van der Waals surface area contributed by atoms with Crippen LogP contribution in [0, 0.1) is 6.92 Å². The minimum Gasteiger partial charge on any atom is -0.490 e. The maximum absolute atomic E-state index is 12.1. The molecule has 2 aromatic carbocycles. The average Bonchev–Trinajstić information content (AvgIpc) is 2.67. The zero-order valence-corrected chi connectivity index (χ0v) is 16.2. The van der Waals surface area contributed by atoms with Crippen LogP contribution in [-0.4, -0.2) is 39.4 Å². The number of ether oxygens (including phenoxy) is 3. The molecule has 0 aliphatic carbocycles. The van der Waals surface area contributed by atoms with Crippen molar-refractivity contribution < 1.29 is 19.0 Å². The molecule has 0 aliphatic rings. The smallest absolute Gasteiger partial charge is 0.262 e. The Morgan fingerprint density at radius 2 is 1.81 bits per heavy atom. The largest absolute Gasteiger partial charge is 0.490 e. The molecule has 0 atom stereocenters. The molecule has 2 rings (SSSR count). The average molecular weight is 372 g/mol. The Balaban J connectivity index is 1.91. The summed E-state index contributed by atoms with van der Waals surface area (Å²) in [5, 5.41) is 6.10. The van der Waals surface area contributed by atoms with Gasteiger partial charge in [0.2, 0.25) is 0 Å². The Bertz CT molecular complexity index is 717. The number of methoxy groups -OCH3 is 1. The maximum atomic E-state index is 12.1. The first-order valence-corrected chi connectivity index (χ1v) is 9.07. The van der Waals surface area contributed by atoms with Crippen molar-refractivity contribution >= 4 is 11.6 Å². The zero-order valence-electron chi connectivity index (χ0n) is 16.2. The van der Waals surface area contributed by atoms with E-state index in [2.05, 4.69) is 10.6 Å². The van der Waals surface area contributed by atoms with E-state index in [9.17, 15) is 4.79 Å². The predicted octanol–water partition coefficient (Wildman–Crippen LogP) is 3.15. The van der Waals surface area contributed by atoms with Gasteiger partial charge in [0, 0.05) is 25.9 Å². The van der Waals surface area contributed by atoms with Crippen molar-refractivity contribution in [2.75, 3.05) is 38.8 Å². The third-order valence-corrected chi connectivity index (χ3v) is 3.81. The number of nitrogens with one attached hydrogen (secondary N) is 2. The van der Waals surface area contributed by atoms with E-state index in [1.165, 1.54) is 0 Å². The SMILES string of the molecule is CCOc1cc(CNCCOC)ccc1OCC(=O)Nc1ccc(C)cc1. The molecule has 2 N–H and O–H groups in total. The van der Waals surface area contributed by atoms with Crippen LogP contribution in [0.4, 0.5) is 5.69 Å². The van der Waals surface area contributed by atoms with Crippen molar-refractivity contribution in [3.05, 3.63) is 53.6 Å². The van der Waals surface area contributed by atoms with Crippen LogP contribution in [0.3, 0.4) is 0 Å². The predicted molar refractivity (Wildman–Crippen MR) is 106 cm³/mol. The Hall–Kier alpha value is -2.57. The fourth-order valence-corrected chi connectivity index (χ4v) is 2.43. The second-order valence-corrected chi connectivity index (χ2v) is 6.09. The molecule has 0 aliphatic heterocycles. The molecule has 2 aromatic rings. The van der Waals surface area contributed by atoms with Gasteiger partial charge in [0.25, 0.3) is 5.91 Å². The first-order valence-electron chi connectivity index (χ1n) is 9.07. The highest BCUT2D eigenvalue weighted by atomic mass is 16.5. The quantitative estimate of drug-likeness (QED) is 0.593. The monoisotopic (exact) mass is 372 g/mol. The summed E-state index contributed by atoms with van der Waals surface area (Å²) in [4.78, 5) is 12.1. The topological polar surface area (TPSA) is 68.8 Å². The van der Waals surface area contributed by atoms with E-state index in [1.54, 1.807) is 7.11 Å². The van der Waals surface area contributed by atoms with Gasteiger partial charge in [-0.2, -0.15) is 0 Å². The summed E-state index contributed by atoms with van der Waals surface area (Å²) in [6.45, 7) is 6.50. The Kier molecular flexibility index (Phi) is 8.61. The van der Waals surface area contributed by atoms with Gasteiger partial charge < -0.3 is 24.8 Å². The van der Waals surface area contributed by atoms with Gasteiger partial charge in [0.15, 0.2) is 18.1 Å². The van der Waals surface area contributed by atoms with Crippen molar-refractivity contribution in [1.29, 1.82) is 0 Å². The van der Waals surface area contributed by atoms with Crippen LogP contribution in [0.15, 0.2) is 42.5 Å². The van der Waals surface area contributed by atoms with Crippen molar-refractivity contribution in [3.8, 4) is 11.5 Å². The van der Waals surface area contributed by atoms with Gasteiger partial charge in [-0.05, 0) is 43.7 Å². The van der Waals surface area contributed by atoms with Crippen molar-refractivity contribution in [2.24, 2.45) is 0 Å². The summed E-state index contributed by atoms with van der Waals surface area (Å²) in [5.41, 5.74) is 2.96. The normalized spacial score (nSPS) is 10.5. The number of aryl methyl sites for hydroxylation is 1. The van der Waals surface area contributed by atoms with Crippen LogP contribution < -0.4 is 20.1 Å². The summed E-state index contributed by atoms with van der Waals surface area (Å²) >= 11 is 0. The summed E-state index contributed by atoms with van der Waals surface area (Å²) in [6, 6.07) is 13.3. The first-order chi connectivity index (χ1) is 13.1. The van der Waals surface area contributed by atoms with Gasteiger partial charge in [-0.1, -0.05) is 23.8 Å². The minimum atomic E-state index is -0.216. The van der Waals surface area contributed by atoms with Gasteiger partial charge in [-0.15, -0.1) is 0 Å². The maximum Gasteiger partial charge on any atom is 0.262 e. The fourth-order valence-electron chi connectivity index (χ4n) is 2.43. The van der Waals surface area contributed by atoms with Gasteiger partial charge in [0.05, 0.1) is 13.2 Å². The molecule has 0 spiro atoms.